The topological polar surface area (TPSA) is 149 Å². The smallest absolute Gasteiger partial charge is 0.334 e. The van der Waals surface area contributed by atoms with Gasteiger partial charge in [-0.05, 0) is 62.4 Å². The fraction of sp³-hybridized carbons (Fsp3) is 0.519. The predicted molar refractivity (Wildman–Crippen MR) is 143 cm³/mol. The van der Waals surface area contributed by atoms with Crippen LogP contribution < -0.4 is 16.3 Å². The summed E-state index contributed by atoms with van der Waals surface area (Å²) in [5.41, 5.74) is 9.89. The average molecular weight is 527 g/mol. The van der Waals surface area contributed by atoms with Crippen LogP contribution in [0.2, 0.25) is 0 Å². The molecule has 1 aromatic heterocycles. The molecule has 0 radical (unpaired) electrons. The van der Waals surface area contributed by atoms with Gasteiger partial charge >= 0.3 is 5.97 Å². The predicted octanol–water partition coefficient (Wildman–Crippen LogP) is 1.63. The van der Waals surface area contributed by atoms with E-state index in [4.69, 9.17) is 21.1 Å². The van der Waals surface area contributed by atoms with Crippen molar-refractivity contribution in [2.24, 2.45) is 16.7 Å². The van der Waals surface area contributed by atoms with Crippen molar-refractivity contribution in [2.75, 3.05) is 27.3 Å². The highest BCUT2D eigenvalue weighted by molar-refractivity contribution is 6.02. The number of aliphatic hydroxyl groups excluding tert-OH is 1. The monoisotopic (exact) mass is 526 g/mol. The molecule has 2 aliphatic rings. The lowest BCUT2D eigenvalue weighted by molar-refractivity contribution is -0.158. The summed E-state index contributed by atoms with van der Waals surface area (Å²) in [7, 11) is 3.17. The normalized spacial score (nSPS) is 20.7. The highest BCUT2D eigenvalue weighted by Crippen LogP contribution is 2.40. The number of hydrazine groups is 1. The molecule has 3 heterocycles. The minimum Gasteiger partial charge on any atom is -0.496 e. The lowest BCUT2D eigenvalue weighted by atomic mass is 9.92. The summed E-state index contributed by atoms with van der Waals surface area (Å²) in [5.74, 6) is 5.60. The molecule has 0 bridgehead atoms. The van der Waals surface area contributed by atoms with E-state index < -0.39 is 17.6 Å². The zero-order valence-corrected chi connectivity index (χ0v) is 22.8. The van der Waals surface area contributed by atoms with E-state index in [1.54, 1.807) is 28.0 Å². The van der Waals surface area contributed by atoms with Gasteiger partial charge in [0.05, 0.1) is 31.1 Å². The number of hydrogen-bond donors (Lipinski definition) is 3. The van der Waals surface area contributed by atoms with E-state index >= 15 is 0 Å². The SMILES string of the molecule is CCCc1cc(C(=O)N2CCC(O)C2(C)C(=O)OCC)n2c1-c1cc(/C(N)=N/N(C)N)c(OC)cc1CC2. The third kappa shape index (κ3) is 4.49. The van der Waals surface area contributed by atoms with E-state index in [1.165, 1.54) is 4.90 Å². The summed E-state index contributed by atoms with van der Waals surface area (Å²) in [6, 6.07) is 5.82. The van der Waals surface area contributed by atoms with E-state index in [-0.39, 0.29) is 24.9 Å². The van der Waals surface area contributed by atoms with Crippen LogP contribution in [-0.2, 0) is 28.9 Å². The maximum absolute atomic E-state index is 14.0. The number of aryl methyl sites for hydroxylation is 2. The van der Waals surface area contributed by atoms with Crippen LogP contribution >= 0.6 is 0 Å². The van der Waals surface area contributed by atoms with Gasteiger partial charge in [0.1, 0.15) is 11.4 Å². The van der Waals surface area contributed by atoms with Crippen LogP contribution in [0.5, 0.6) is 5.75 Å². The molecule has 11 nitrogen and oxygen atoms in total. The van der Waals surface area contributed by atoms with Gasteiger partial charge in [0, 0.05) is 25.7 Å². The lowest BCUT2D eigenvalue weighted by Gasteiger charge is -2.35. The molecular formula is C27H38N6O5. The number of esters is 1. The molecule has 2 atom stereocenters. The van der Waals surface area contributed by atoms with Gasteiger partial charge in [-0.3, -0.25) is 4.79 Å². The zero-order valence-electron chi connectivity index (χ0n) is 22.8. The number of benzene rings is 1. The molecule has 1 amide bonds. The van der Waals surface area contributed by atoms with Crippen molar-refractivity contribution in [3.05, 3.63) is 40.6 Å². The molecule has 2 aliphatic heterocycles. The van der Waals surface area contributed by atoms with Crippen LogP contribution in [-0.4, -0.2) is 76.4 Å². The van der Waals surface area contributed by atoms with Crippen LogP contribution in [0.3, 0.4) is 0 Å². The number of aromatic nitrogens is 1. The molecule has 0 saturated carbocycles. The van der Waals surface area contributed by atoms with Gasteiger partial charge in [-0.25, -0.2) is 15.8 Å². The van der Waals surface area contributed by atoms with E-state index in [0.717, 1.165) is 40.3 Å². The number of likely N-dealkylation sites (tertiary alicyclic amines) is 1. The third-order valence-electron chi connectivity index (χ3n) is 7.51. The number of aliphatic hydroxyl groups is 1. The van der Waals surface area contributed by atoms with E-state index in [9.17, 15) is 14.7 Å². The van der Waals surface area contributed by atoms with Gasteiger partial charge in [0.2, 0.25) is 0 Å². The average Bonchev–Trinajstić information content (AvgIpc) is 3.40. The van der Waals surface area contributed by atoms with Crippen LogP contribution in [0, 0.1) is 0 Å². The van der Waals surface area contributed by atoms with E-state index in [1.807, 2.05) is 22.8 Å². The number of ether oxygens (including phenoxy) is 2. The summed E-state index contributed by atoms with van der Waals surface area (Å²) in [4.78, 5) is 28.4. The van der Waals surface area contributed by atoms with Crippen LogP contribution in [0.25, 0.3) is 11.3 Å². The first-order valence-corrected chi connectivity index (χ1v) is 13.0. The summed E-state index contributed by atoms with van der Waals surface area (Å²) in [6.07, 6.45) is 1.61. The molecule has 4 rings (SSSR count). The van der Waals surface area contributed by atoms with Crippen molar-refractivity contribution < 1.29 is 24.2 Å². The molecule has 206 valence electrons. The Labute approximate surface area is 222 Å². The van der Waals surface area contributed by atoms with Crippen molar-refractivity contribution in [1.29, 1.82) is 0 Å². The van der Waals surface area contributed by atoms with Gasteiger partial charge in [0.25, 0.3) is 5.91 Å². The first-order valence-electron chi connectivity index (χ1n) is 13.0. The summed E-state index contributed by atoms with van der Waals surface area (Å²) < 4.78 is 12.9. The second kappa shape index (κ2) is 10.7. The molecular weight excluding hydrogens is 488 g/mol. The molecule has 2 unspecified atom stereocenters. The van der Waals surface area contributed by atoms with E-state index in [0.29, 0.717) is 36.4 Å². The Hall–Kier alpha value is -3.57. The van der Waals surface area contributed by atoms with Crippen LogP contribution in [0.4, 0.5) is 0 Å². The minimum atomic E-state index is -1.45. The fourth-order valence-corrected chi connectivity index (χ4v) is 5.59. The van der Waals surface area contributed by atoms with Crippen molar-refractivity contribution in [1.82, 2.24) is 14.6 Å². The van der Waals surface area contributed by atoms with Crippen LogP contribution in [0.15, 0.2) is 23.3 Å². The van der Waals surface area contributed by atoms with E-state index in [2.05, 4.69) is 12.0 Å². The molecule has 11 heteroatoms. The zero-order chi connectivity index (χ0) is 27.8. The van der Waals surface area contributed by atoms with Crippen molar-refractivity contribution in [3.63, 3.8) is 0 Å². The first-order chi connectivity index (χ1) is 18.1. The van der Waals surface area contributed by atoms with Crippen LogP contribution in [0.1, 0.15) is 60.8 Å². The largest absolute Gasteiger partial charge is 0.496 e. The standard InChI is InChI=1S/C27H38N6O5/c1-6-8-17-13-20(25(35)33-12-10-22(34)27(33,3)26(36)38-7-2)32-11-9-16-14-21(37-5)19(15-18(16)23(17)32)24(28)30-31(4)29/h13-15,22,34H,6-12,29H2,1-5H3,(H2,28,30). The van der Waals surface area contributed by atoms with Crippen molar-refractivity contribution >= 4 is 17.7 Å². The first kappa shape index (κ1) is 27.5. The number of amides is 1. The Bertz CT molecular complexity index is 1270. The quantitative estimate of drug-likeness (QED) is 0.155. The maximum atomic E-state index is 14.0. The molecule has 1 fully saturated rings. The maximum Gasteiger partial charge on any atom is 0.334 e. The number of fused-ring (bicyclic) bond motifs is 3. The second-order valence-electron chi connectivity index (χ2n) is 9.95. The summed E-state index contributed by atoms with van der Waals surface area (Å²) >= 11 is 0. The molecule has 2 aromatic rings. The molecule has 1 aromatic carbocycles. The third-order valence-corrected chi connectivity index (χ3v) is 7.51. The summed E-state index contributed by atoms with van der Waals surface area (Å²) in [6.45, 7) is 6.38. The number of carbonyl (C=O) groups excluding carboxylic acids is 2. The number of methoxy groups -OCH3 is 1. The van der Waals surface area contributed by atoms with Gasteiger partial charge in [-0.1, -0.05) is 13.3 Å². The molecule has 5 N–H and O–H groups in total. The number of nitrogens with zero attached hydrogens (tertiary/aromatic N) is 4. The fourth-order valence-electron chi connectivity index (χ4n) is 5.59. The Morgan fingerprint density at radius 1 is 1.26 bits per heavy atom. The Morgan fingerprint density at radius 3 is 2.63 bits per heavy atom. The molecule has 0 spiro atoms. The Balaban J connectivity index is 1.85. The molecule has 1 saturated heterocycles. The van der Waals surface area contributed by atoms with Gasteiger partial charge < -0.3 is 29.8 Å². The Kier molecular flexibility index (Phi) is 7.70. The summed E-state index contributed by atoms with van der Waals surface area (Å²) in [5, 5.41) is 16.0. The lowest BCUT2D eigenvalue weighted by Crippen LogP contribution is -2.57. The number of rotatable bonds is 8. The highest BCUT2D eigenvalue weighted by atomic mass is 16.5. The number of carbonyl (C=O) groups is 2. The molecule has 38 heavy (non-hydrogen) atoms. The number of hydrazone groups is 1. The molecule has 0 aliphatic carbocycles. The van der Waals surface area contributed by atoms with Gasteiger partial charge in [-0.2, -0.15) is 0 Å². The number of nitrogens with two attached hydrogens (primary N) is 2. The second-order valence-corrected chi connectivity index (χ2v) is 9.95. The minimum absolute atomic E-state index is 0.166. The van der Waals surface area contributed by atoms with Crippen molar-refractivity contribution in [2.45, 2.75) is 64.6 Å². The van der Waals surface area contributed by atoms with Gasteiger partial charge in [0.15, 0.2) is 11.4 Å². The Morgan fingerprint density at radius 2 is 2.00 bits per heavy atom. The number of hydrogen-bond acceptors (Lipinski definition) is 8. The van der Waals surface area contributed by atoms with Crippen molar-refractivity contribution in [3.8, 4) is 17.0 Å². The highest BCUT2D eigenvalue weighted by Gasteiger charge is 2.54. The van der Waals surface area contributed by atoms with Gasteiger partial charge in [-0.15, -0.1) is 5.10 Å². The number of amidine groups is 1.